The average Bonchev–Trinajstić information content (AvgIpc) is 2.96. The molecule has 0 saturated carbocycles. The van der Waals surface area contributed by atoms with Gasteiger partial charge in [0.05, 0.1) is 12.8 Å². The molecule has 0 unspecified atom stereocenters. The van der Waals surface area contributed by atoms with Crippen LogP contribution in [0.25, 0.3) is 0 Å². The molecule has 19 heavy (non-hydrogen) atoms. The van der Waals surface area contributed by atoms with Crippen LogP contribution in [-0.4, -0.2) is 18.1 Å². The summed E-state index contributed by atoms with van der Waals surface area (Å²) < 4.78 is 5.40. The Morgan fingerprint density at radius 1 is 1.32 bits per heavy atom. The molecule has 2 heterocycles. The van der Waals surface area contributed by atoms with E-state index in [2.05, 4.69) is 35.1 Å². The first-order chi connectivity index (χ1) is 9.33. The molecule has 2 aromatic heterocycles. The van der Waals surface area contributed by atoms with Gasteiger partial charge < -0.3 is 14.6 Å². The summed E-state index contributed by atoms with van der Waals surface area (Å²) >= 11 is 0. The smallest absolute Gasteiger partial charge is 0.129 e. The van der Waals surface area contributed by atoms with Crippen molar-refractivity contribution in [1.82, 2.24) is 10.3 Å². The standard InChI is InChI=1S/C15H21N3O/c1-3-16-11-13-7-8-17-15(10-13)18(4-2)12-14-6-5-9-19-14/h5-10,16H,3-4,11-12H2,1-2H3. The van der Waals surface area contributed by atoms with Crippen LogP contribution in [0.2, 0.25) is 0 Å². The molecule has 0 atom stereocenters. The van der Waals surface area contributed by atoms with Gasteiger partial charge in [0.2, 0.25) is 0 Å². The Morgan fingerprint density at radius 2 is 2.21 bits per heavy atom. The molecule has 4 heteroatoms. The van der Waals surface area contributed by atoms with Crippen LogP contribution in [0.4, 0.5) is 5.82 Å². The van der Waals surface area contributed by atoms with E-state index in [0.29, 0.717) is 0 Å². The van der Waals surface area contributed by atoms with Crippen LogP contribution in [0, 0.1) is 0 Å². The molecule has 0 radical (unpaired) electrons. The molecule has 0 aliphatic heterocycles. The first-order valence-corrected chi connectivity index (χ1v) is 6.76. The van der Waals surface area contributed by atoms with Crippen molar-refractivity contribution in [3.8, 4) is 0 Å². The van der Waals surface area contributed by atoms with E-state index in [0.717, 1.165) is 37.8 Å². The molecule has 0 bridgehead atoms. The summed E-state index contributed by atoms with van der Waals surface area (Å²) in [5.41, 5.74) is 1.25. The van der Waals surface area contributed by atoms with Crippen LogP contribution in [0.1, 0.15) is 25.2 Å². The predicted octanol–water partition coefficient (Wildman–Crippen LogP) is 2.81. The topological polar surface area (TPSA) is 41.3 Å². The first kappa shape index (κ1) is 13.6. The second kappa shape index (κ2) is 6.95. The summed E-state index contributed by atoms with van der Waals surface area (Å²) in [6, 6.07) is 8.09. The highest BCUT2D eigenvalue weighted by atomic mass is 16.3. The number of anilines is 1. The molecule has 4 nitrogen and oxygen atoms in total. The van der Waals surface area contributed by atoms with Crippen molar-refractivity contribution in [1.29, 1.82) is 0 Å². The zero-order valence-corrected chi connectivity index (χ0v) is 11.6. The highest BCUT2D eigenvalue weighted by Crippen LogP contribution is 2.16. The van der Waals surface area contributed by atoms with Gasteiger partial charge in [-0.3, -0.25) is 0 Å². The Hall–Kier alpha value is -1.81. The van der Waals surface area contributed by atoms with Crippen molar-refractivity contribution in [3.63, 3.8) is 0 Å². The molecule has 0 saturated heterocycles. The van der Waals surface area contributed by atoms with Gasteiger partial charge in [-0.05, 0) is 43.3 Å². The summed E-state index contributed by atoms with van der Waals surface area (Å²) in [5, 5.41) is 3.33. The molecule has 0 amide bonds. The Labute approximate surface area is 114 Å². The number of aromatic nitrogens is 1. The van der Waals surface area contributed by atoms with Gasteiger partial charge in [0, 0.05) is 19.3 Å². The van der Waals surface area contributed by atoms with Crippen LogP contribution < -0.4 is 10.2 Å². The van der Waals surface area contributed by atoms with E-state index in [1.54, 1.807) is 6.26 Å². The molecule has 0 spiro atoms. The van der Waals surface area contributed by atoms with Crippen molar-refractivity contribution in [2.24, 2.45) is 0 Å². The van der Waals surface area contributed by atoms with E-state index >= 15 is 0 Å². The number of pyridine rings is 1. The predicted molar refractivity (Wildman–Crippen MR) is 77.0 cm³/mol. The summed E-state index contributed by atoms with van der Waals surface area (Å²) in [6.07, 6.45) is 3.57. The first-order valence-electron chi connectivity index (χ1n) is 6.76. The fourth-order valence-electron chi connectivity index (χ4n) is 1.96. The number of rotatable bonds is 7. The van der Waals surface area contributed by atoms with Crippen molar-refractivity contribution >= 4 is 5.82 Å². The van der Waals surface area contributed by atoms with Gasteiger partial charge in [0.15, 0.2) is 0 Å². The van der Waals surface area contributed by atoms with Crippen LogP contribution >= 0.6 is 0 Å². The maximum absolute atomic E-state index is 5.40. The van der Waals surface area contributed by atoms with Gasteiger partial charge in [0.25, 0.3) is 0 Å². The highest BCUT2D eigenvalue weighted by molar-refractivity contribution is 5.41. The molecule has 0 aliphatic rings. The summed E-state index contributed by atoms with van der Waals surface area (Å²) in [6.45, 7) is 7.74. The lowest BCUT2D eigenvalue weighted by Gasteiger charge is -2.21. The normalized spacial score (nSPS) is 10.6. The van der Waals surface area contributed by atoms with Crippen LogP contribution in [0.5, 0.6) is 0 Å². The zero-order valence-electron chi connectivity index (χ0n) is 11.6. The van der Waals surface area contributed by atoms with Crippen molar-refractivity contribution in [2.75, 3.05) is 18.0 Å². The van der Waals surface area contributed by atoms with Crippen LogP contribution in [0.3, 0.4) is 0 Å². The second-order valence-electron chi connectivity index (χ2n) is 4.40. The largest absolute Gasteiger partial charge is 0.467 e. The van der Waals surface area contributed by atoms with E-state index in [1.165, 1.54) is 5.56 Å². The van der Waals surface area contributed by atoms with Crippen LogP contribution in [-0.2, 0) is 13.1 Å². The lowest BCUT2D eigenvalue weighted by atomic mass is 10.2. The molecule has 102 valence electrons. The third-order valence-electron chi connectivity index (χ3n) is 3.02. The average molecular weight is 259 g/mol. The summed E-state index contributed by atoms with van der Waals surface area (Å²) in [4.78, 5) is 6.66. The quantitative estimate of drug-likeness (QED) is 0.830. The number of hydrogen-bond donors (Lipinski definition) is 1. The minimum absolute atomic E-state index is 0.751. The third kappa shape index (κ3) is 3.83. The molecular formula is C15H21N3O. The number of nitrogens with zero attached hydrogens (tertiary/aromatic N) is 2. The van der Waals surface area contributed by atoms with Gasteiger partial charge in [0.1, 0.15) is 11.6 Å². The third-order valence-corrected chi connectivity index (χ3v) is 3.02. The minimum atomic E-state index is 0.751. The van der Waals surface area contributed by atoms with Gasteiger partial charge in [-0.1, -0.05) is 6.92 Å². The van der Waals surface area contributed by atoms with Gasteiger partial charge >= 0.3 is 0 Å². The second-order valence-corrected chi connectivity index (χ2v) is 4.40. The summed E-state index contributed by atoms with van der Waals surface area (Å²) in [7, 11) is 0. The minimum Gasteiger partial charge on any atom is -0.467 e. The van der Waals surface area contributed by atoms with Crippen molar-refractivity contribution < 1.29 is 4.42 Å². The Bertz CT molecular complexity index is 482. The maximum Gasteiger partial charge on any atom is 0.129 e. The monoisotopic (exact) mass is 259 g/mol. The molecule has 2 aromatic rings. The fraction of sp³-hybridized carbons (Fsp3) is 0.400. The number of nitrogens with one attached hydrogen (secondary N) is 1. The Balaban J connectivity index is 2.09. The molecule has 0 aliphatic carbocycles. The zero-order chi connectivity index (χ0) is 13.5. The van der Waals surface area contributed by atoms with E-state index in [-0.39, 0.29) is 0 Å². The SMILES string of the molecule is CCNCc1ccnc(N(CC)Cc2ccco2)c1. The van der Waals surface area contributed by atoms with E-state index in [1.807, 2.05) is 24.4 Å². The Morgan fingerprint density at radius 3 is 2.89 bits per heavy atom. The molecule has 1 N–H and O–H groups in total. The number of hydrogen-bond acceptors (Lipinski definition) is 4. The van der Waals surface area contributed by atoms with Gasteiger partial charge in [-0.2, -0.15) is 0 Å². The molecule has 0 aromatic carbocycles. The molecular weight excluding hydrogens is 238 g/mol. The van der Waals surface area contributed by atoms with Gasteiger partial charge in [-0.15, -0.1) is 0 Å². The van der Waals surface area contributed by atoms with Crippen LogP contribution in [0.15, 0.2) is 41.1 Å². The van der Waals surface area contributed by atoms with Crippen molar-refractivity contribution in [3.05, 3.63) is 48.0 Å². The highest BCUT2D eigenvalue weighted by Gasteiger charge is 2.08. The molecule has 0 fully saturated rings. The van der Waals surface area contributed by atoms with E-state index in [9.17, 15) is 0 Å². The van der Waals surface area contributed by atoms with Gasteiger partial charge in [-0.25, -0.2) is 4.98 Å². The number of furan rings is 1. The Kier molecular flexibility index (Phi) is 4.98. The summed E-state index contributed by atoms with van der Waals surface area (Å²) in [5.74, 6) is 1.95. The fourth-order valence-corrected chi connectivity index (χ4v) is 1.96. The lowest BCUT2D eigenvalue weighted by molar-refractivity contribution is 0.503. The van der Waals surface area contributed by atoms with E-state index < -0.39 is 0 Å². The maximum atomic E-state index is 5.40. The van der Waals surface area contributed by atoms with E-state index in [4.69, 9.17) is 4.42 Å². The van der Waals surface area contributed by atoms with Crippen molar-refractivity contribution in [2.45, 2.75) is 26.9 Å². The lowest BCUT2D eigenvalue weighted by Crippen LogP contribution is -2.23. The molecule has 2 rings (SSSR count).